The van der Waals surface area contributed by atoms with Gasteiger partial charge in [0.15, 0.2) is 5.82 Å². The van der Waals surface area contributed by atoms with Crippen molar-refractivity contribution in [3.05, 3.63) is 110 Å². The predicted octanol–water partition coefficient (Wildman–Crippen LogP) is 6.63. The van der Waals surface area contributed by atoms with Gasteiger partial charge in [0, 0.05) is 17.3 Å². The van der Waals surface area contributed by atoms with Crippen LogP contribution in [0.1, 0.15) is 27.0 Å². The average molecular weight is 529 g/mol. The molecule has 0 aliphatic rings. The Kier molecular flexibility index (Phi) is 7.11. The Balaban J connectivity index is 1.38. The summed E-state index contributed by atoms with van der Waals surface area (Å²) in [5.74, 6) is 0.372. The SMILES string of the molecule is Cc1ccc(Cl)c(OCc2ccc(C(=O)Nc3nn(Cc4ccccc4F)cc3Br)cc2)c1. The monoisotopic (exact) mass is 527 g/mol. The molecule has 3 aromatic carbocycles. The normalized spacial score (nSPS) is 10.8. The zero-order chi connectivity index (χ0) is 23.4. The van der Waals surface area contributed by atoms with Crippen LogP contribution >= 0.6 is 27.5 Å². The van der Waals surface area contributed by atoms with Gasteiger partial charge in [-0.15, -0.1) is 0 Å². The minimum absolute atomic E-state index is 0.251. The van der Waals surface area contributed by atoms with Crippen molar-refractivity contribution in [2.24, 2.45) is 0 Å². The number of amides is 1. The lowest BCUT2D eigenvalue weighted by Crippen LogP contribution is -2.13. The van der Waals surface area contributed by atoms with Gasteiger partial charge in [0.1, 0.15) is 18.2 Å². The van der Waals surface area contributed by atoms with Crippen LogP contribution < -0.4 is 10.1 Å². The number of anilines is 1. The summed E-state index contributed by atoms with van der Waals surface area (Å²) in [5, 5.41) is 7.68. The summed E-state index contributed by atoms with van der Waals surface area (Å²) in [6, 6.07) is 19.2. The molecule has 1 aromatic heterocycles. The maximum Gasteiger partial charge on any atom is 0.256 e. The molecule has 0 fully saturated rings. The van der Waals surface area contributed by atoms with Crippen molar-refractivity contribution >= 4 is 39.3 Å². The molecule has 168 valence electrons. The predicted molar refractivity (Wildman–Crippen MR) is 130 cm³/mol. The minimum atomic E-state index is -0.305. The number of aromatic nitrogens is 2. The molecule has 0 spiro atoms. The third-order valence-corrected chi connectivity index (χ3v) is 5.83. The molecule has 1 amide bonds. The third kappa shape index (κ3) is 5.80. The molecule has 4 aromatic rings. The number of nitrogens with one attached hydrogen (secondary N) is 1. The largest absolute Gasteiger partial charge is 0.487 e. The smallest absolute Gasteiger partial charge is 0.256 e. The van der Waals surface area contributed by atoms with Crippen LogP contribution in [-0.2, 0) is 13.2 Å². The molecular formula is C25H20BrClFN3O2. The van der Waals surface area contributed by atoms with Gasteiger partial charge in [-0.2, -0.15) is 5.10 Å². The van der Waals surface area contributed by atoms with E-state index in [9.17, 15) is 9.18 Å². The van der Waals surface area contributed by atoms with E-state index >= 15 is 0 Å². The van der Waals surface area contributed by atoms with Crippen LogP contribution in [0.25, 0.3) is 0 Å². The number of nitrogens with zero attached hydrogens (tertiary/aromatic N) is 2. The highest BCUT2D eigenvalue weighted by Crippen LogP contribution is 2.26. The Hall–Kier alpha value is -3.16. The molecule has 1 N–H and O–H groups in total. The molecule has 0 saturated heterocycles. The average Bonchev–Trinajstić information content (AvgIpc) is 3.14. The van der Waals surface area contributed by atoms with Gasteiger partial charge in [0.25, 0.3) is 5.91 Å². The lowest BCUT2D eigenvalue weighted by molar-refractivity contribution is 0.102. The van der Waals surface area contributed by atoms with E-state index in [0.29, 0.717) is 38.8 Å². The Morgan fingerprint density at radius 3 is 2.67 bits per heavy atom. The fraction of sp³-hybridized carbons (Fsp3) is 0.120. The van der Waals surface area contributed by atoms with Gasteiger partial charge in [-0.05, 0) is 64.3 Å². The van der Waals surface area contributed by atoms with Crippen molar-refractivity contribution in [3.8, 4) is 5.75 Å². The van der Waals surface area contributed by atoms with Gasteiger partial charge < -0.3 is 10.1 Å². The van der Waals surface area contributed by atoms with Gasteiger partial charge in [-0.1, -0.05) is 48.0 Å². The first-order valence-corrected chi connectivity index (χ1v) is 11.3. The second-order valence-corrected chi connectivity index (χ2v) is 8.75. The van der Waals surface area contributed by atoms with Crippen LogP contribution in [0.15, 0.2) is 77.4 Å². The first-order chi connectivity index (χ1) is 15.9. The van der Waals surface area contributed by atoms with Crippen LogP contribution in [0.2, 0.25) is 5.02 Å². The van der Waals surface area contributed by atoms with E-state index in [1.54, 1.807) is 47.3 Å². The van der Waals surface area contributed by atoms with Crippen molar-refractivity contribution in [1.82, 2.24) is 9.78 Å². The molecule has 1 heterocycles. The van der Waals surface area contributed by atoms with E-state index in [4.69, 9.17) is 16.3 Å². The molecule has 0 saturated carbocycles. The number of ether oxygens (including phenoxy) is 1. The van der Waals surface area contributed by atoms with Gasteiger partial charge >= 0.3 is 0 Å². The van der Waals surface area contributed by atoms with Crippen LogP contribution in [0.3, 0.4) is 0 Å². The fourth-order valence-corrected chi connectivity index (χ4v) is 3.77. The zero-order valence-corrected chi connectivity index (χ0v) is 20.0. The maximum absolute atomic E-state index is 13.9. The number of hydrogen-bond donors (Lipinski definition) is 1. The summed E-state index contributed by atoms with van der Waals surface area (Å²) in [7, 11) is 0. The van der Waals surface area contributed by atoms with Gasteiger partial charge in [-0.25, -0.2) is 4.39 Å². The van der Waals surface area contributed by atoms with E-state index in [-0.39, 0.29) is 18.3 Å². The number of aryl methyl sites for hydroxylation is 1. The second kappa shape index (κ2) is 10.2. The molecule has 0 aliphatic heterocycles. The van der Waals surface area contributed by atoms with Crippen molar-refractivity contribution in [1.29, 1.82) is 0 Å². The standard InChI is InChI=1S/C25H20BrClFN3O2/c1-16-6-11-21(27)23(12-16)33-15-17-7-9-18(10-8-17)25(32)29-24-20(26)14-31(30-24)13-19-4-2-3-5-22(19)28/h2-12,14H,13,15H2,1H3,(H,29,30,32). The quantitative estimate of drug-likeness (QED) is 0.293. The van der Waals surface area contributed by atoms with Crippen molar-refractivity contribution in [2.45, 2.75) is 20.1 Å². The van der Waals surface area contributed by atoms with E-state index in [1.807, 2.05) is 31.2 Å². The van der Waals surface area contributed by atoms with Gasteiger partial charge in [0.05, 0.1) is 16.0 Å². The molecule has 0 unspecified atom stereocenters. The molecule has 0 bridgehead atoms. The van der Waals surface area contributed by atoms with E-state index in [1.165, 1.54) is 6.07 Å². The number of hydrogen-bond acceptors (Lipinski definition) is 3. The Bertz CT molecular complexity index is 1290. The van der Waals surface area contributed by atoms with E-state index in [0.717, 1.165) is 11.1 Å². The number of benzene rings is 3. The first-order valence-electron chi connectivity index (χ1n) is 10.1. The highest BCUT2D eigenvalue weighted by Gasteiger charge is 2.13. The van der Waals surface area contributed by atoms with Gasteiger partial charge in [-0.3, -0.25) is 9.48 Å². The molecular weight excluding hydrogens is 509 g/mol. The zero-order valence-electron chi connectivity index (χ0n) is 17.7. The lowest BCUT2D eigenvalue weighted by atomic mass is 10.1. The van der Waals surface area contributed by atoms with Crippen molar-refractivity contribution < 1.29 is 13.9 Å². The van der Waals surface area contributed by atoms with E-state index < -0.39 is 0 Å². The summed E-state index contributed by atoms with van der Waals surface area (Å²) < 4.78 is 21.9. The highest BCUT2D eigenvalue weighted by molar-refractivity contribution is 9.10. The van der Waals surface area contributed by atoms with E-state index in [2.05, 4.69) is 26.3 Å². The Morgan fingerprint density at radius 1 is 1.15 bits per heavy atom. The summed E-state index contributed by atoms with van der Waals surface area (Å²) >= 11 is 9.56. The van der Waals surface area contributed by atoms with Crippen LogP contribution in [0.5, 0.6) is 5.75 Å². The number of carbonyl (C=O) groups excluding carboxylic acids is 1. The summed E-state index contributed by atoms with van der Waals surface area (Å²) in [4.78, 5) is 12.7. The number of rotatable bonds is 7. The summed E-state index contributed by atoms with van der Waals surface area (Å²) in [6.07, 6.45) is 1.69. The molecule has 0 aliphatic carbocycles. The van der Waals surface area contributed by atoms with Crippen molar-refractivity contribution in [3.63, 3.8) is 0 Å². The Labute approximate surface area is 204 Å². The maximum atomic E-state index is 13.9. The second-order valence-electron chi connectivity index (χ2n) is 7.49. The minimum Gasteiger partial charge on any atom is -0.487 e. The molecule has 8 heteroatoms. The Morgan fingerprint density at radius 2 is 1.91 bits per heavy atom. The van der Waals surface area contributed by atoms with Crippen molar-refractivity contribution in [2.75, 3.05) is 5.32 Å². The third-order valence-electron chi connectivity index (χ3n) is 4.94. The lowest BCUT2D eigenvalue weighted by Gasteiger charge is -2.09. The molecule has 0 atom stereocenters. The molecule has 4 rings (SSSR count). The van der Waals surface area contributed by atoms with Gasteiger partial charge in [0.2, 0.25) is 0 Å². The molecule has 33 heavy (non-hydrogen) atoms. The fourth-order valence-electron chi connectivity index (χ4n) is 3.18. The molecule has 5 nitrogen and oxygen atoms in total. The number of halogens is 3. The first kappa shape index (κ1) is 23.0. The van der Waals surface area contributed by atoms with Crippen LogP contribution in [-0.4, -0.2) is 15.7 Å². The summed E-state index contributed by atoms with van der Waals surface area (Å²) in [5.41, 5.74) is 2.95. The topological polar surface area (TPSA) is 56.1 Å². The van der Waals surface area contributed by atoms with Crippen LogP contribution in [0.4, 0.5) is 10.2 Å². The highest BCUT2D eigenvalue weighted by atomic mass is 79.9. The molecule has 0 radical (unpaired) electrons. The van der Waals surface area contributed by atoms with Crippen LogP contribution in [0, 0.1) is 12.7 Å². The number of carbonyl (C=O) groups is 1. The summed E-state index contributed by atoms with van der Waals surface area (Å²) in [6.45, 7) is 2.55.